The quantitative estimate of drug-likeness (QED) is 0.833. The molecule has 1 aromatic heterocycles. The third-order valence-electron chi connectivity index (χ3n) is 6.30. The second kappa shape index (κ2) is 6.50. The summed E-state index contributed by atoms with van der Waals surface area (Å²) >= 11 is 6.67. The van der Waals surface area contributed by atoms with Crippen molar-refractivity contribution in [1.82, 2.24) is 15.2 Å². The predicted molar refractivity (Wildman–Crippen MR) is 104 cm³/mol. The lowest BCUT2D eigenvalue weighted by molar-refractivity contribution is 0.0343. The Morgan fingerprint density at radius 1 is 1.12 bits per heavy atom. The van der Waals surface area contributed by atoms with E-state index < -0.39 is 0 Å². The van der Waals surface area contributed by atoms with Gasteiger partial charge in [0, 0.05) is 41.8 Å². The smallest absolute Gasteiger partial charge is 0.254 e. The number of nitrogens with one attached hydrogen (secondary N) is 1. The minimum absolute atomic E-state index is 0.152. The fourth-order valence-electron chi connectivity index (χ4n) is 4.96. The van der Waals surface area contributed by atoms with E-state index in [9.17, 15) is 4.79 Å². The second-order valence-corrected chi connectivity index (χ2v) is 8.28. The van der Waals surface area contributed by atoms with Gasteiger partial charge in [-0.05, 0) is 62.6 Å². The zero-order valence-corrected chi connectivity index (χ0v) is 15.7. The number of aryl methyl sites for hydroxylation is 1. The van der Waals surface area contributed by atoms with E-state index in [4.69, 9.17) is 16.6 Å². The van der Waals surface area contributed by atoms with E-state index in [1.54, 1.807) is 0 Å². The number of benzene rings is 1. The van der Waals surface area contributed by atoms with Crippen LogP contribution in [0.25, 0.3) is 10.9 Å². The maximum atomic E-state index is 13.3. The van der Waals surface area contributed by atoms with Crippen molar-refractivity contribution in [2.24, 2.45) is 0 Å². The van der Waals surface area contributed by atoms with Gasteiger partial charge in [-0.1, -0.05) is 17.7 Å². The van der Waals surface area contributed by atoms with E-state index in [0.717, 1.165) is 66.0 Å². The molecule has 5 rings (SSSR count). The first-order valence-corrected chi connectivity index (χ1v) is 10.2. The van der Waals surface area contributed by atoms with E-state index in [1.165, 1.54) is 24.8 Å². The number of halogens is 1. The molecular weight excluding hydrogens is 346 g/mol. The molecule has 2 atom stereocenters. The van der Waals surface area contributed by atoms with Crippen LogP contribution in [0.2, 0.25) is 5.02 Å². The molecule has 3 heterocycles. The first-order valence-electron chi connectivity index (χ1n) is 9.87. The van der Waals surface area contributed by atoms with Crippen molar-refractivity contribution in [2.75, 3.05) is 13.1 Å². The highest BCUT2D eigenvalue weighted by Crippen LogP contribution is 2.34. The third kappa shape index (κ3) is 2.62. The Kier molecular flexibility index (Phi) is 4.13. The van der Waals surface area contributed by atoms with Gasteiger partial charge in [0.2, 0.25) is 0 Å². The summed E-state index contributed by atoms with van der Waals surface area (Å²) in [6.07, 6.45) is 7.78. The van der Waals surface area contributed by atoms with Gasteiger partial charge < -0.3 is 10.2 Å². The molecule has 2 aliphatic heterocycles. The number of hydrogen-bond donors (Lipinski definition) is 1. The van der Waals surface area contributed by atoms with Gasteiger partial charge in [-0.25, -0.2) is 0 Å². The van der Waals surface area contributed by atoms with Crippen LogP contribution in [0.15, 0.2) is 18.2 Å². The van der Waals surface area contributed by atoms with Gasteiger partial charge >= 0.3 is 0 Å². The number of carbonyl (C=O) groups excluding carboxylic acids is 1. The molecule has 0 saturated carbocycles. The first kappa shape index (κ1) is 16.5. The molecule has 3 aliphatic rings. The normalized spacial score (nSPS) is 25.2. The van der Waals surface area contributed by atoms with Gasteiger partial charge in [0.05, 0.1) is 10.5 Å². The van der Waals surface area contributed by atoms with Crippen LogP contribution in [-0.2, 0) is 12.8 Å². The van der Waals surface area contributed by atoms with Crippen molar-refractivity contribution in [1.29, 1.82) is 0 Å². The van der Waals surface area contributed by atoms with Gasteiger partial charge in [0.15, 0.2) is 0 Å². The van der Waals surface area contributed by atoms with Crippen molar-refractivity contribution in [3.05, 3.63) is 40.0 Å². The zero-order valence-electron chi connectivity index (χ0n) is 14.9. The first-order chi connectivity index (χ1) is 12.7. The van der Waals surface area contributed by atoms with Crippen LogP contribution < -0.4 is 5.32 Å². The molecule has 2 aromatic rings. The Morgan fingerprint density at radius 3 is 2.69 bits per heavy atom. The van der Waals surface area contributed by atoms with E-state index in [-0.39, 0.29) is 5.91 Å². The number of amides is 1. The van der Waals surface area contributed by atoms with Crippen LogP contribution in [0.3, 0.4) is 0 Å². The van der Waals surface area contributed by atoms with E-state index in [1.807, 2.05) is 18.2 Å². The van der Waals surface area contributed by atoms with E-state index in [2.05, 4.69) is 10.2 Å². The lowest BCUT2D eigenvalue weighted by atomic mass is 9.91. The Balaban J connectivity index is 1.54. The number of pyridine rings is 1. The van der Waals surface area contributed by atoms with Gasteiger partial charge in [0.25, 0.3) is 5.91 Å². The highest BCUT2D eigenvalue weighted by Gasteiger charge is 2.37. The summed E-state index contributed by atoms with van der Waals surface area (Å²) in [6, 6.07) is 6.53. The third-order valence-corrected chi connectivity index (χ3v) is 6.73. The Morgan fingerprint density at radius 2 is 1.88 bits per heavy atom. The molecule has 26 heavy (non-hydrogen) atoms. The number of piperazine rings is 1. The molecule has 0 radical (unpaired) electrons. The molecule has 0 spiro atoms. The largest absolute Gasteiger partial charge is 0.330 e. The number of nitrogens with zero attached hydrogens (tertiary/aromatic N) is 2. The topological polar surface area (TPSA) is 45.2 Å². The molecule has 2 fully saturated rings. The number of rotatable bonds is 1. The molecule has 136 valence electrons. The molecule has 4 nitrogen and oxygen atoms in total. The fraction of sp³-hybridized carbons (Fsp3) is 0.524. The van der Waals surface area contributed by atoms with Crippen LogP contribution in [0.5, 0.6) is 0 Å². The van der Waals surface area contributed by atoms with E-state index >= 15 is 0 Å². The minimum atomic E-state index is 0.152. The van der Waals surface area contributed by atoms with Gasteiger partial charge in [0.1, 0.15) is 0 Å². The van der Waals surface area contributed by atoms with E-state index in [0.29, 0.717) is 12.1 Å². The number of aromatic nitrogens is 1. The molecule has 1 aliphatic carbocycles. The van der Waals surface area contributed by atoms with Gasteiger partial charge in [-0.2, -0.15) is 0 Å². The number of hydrogen-bond acceptors (Lipinski definition) is 3. The standard InChI is InChI=1S/C21H24ClN3O/c22-20-16-6-1-2-7-18(16)24-19-10-13(8-9-17(19)20)21(26)25-14-4-3-5-15(25)12-23-11-14/h8-10,14-15,23H,1-7,11-12H2. The summed E-state index contributed by atoms with van der Waals surface area (Å²) in [5.41, 5.74) is 3.94. The van der Waals surface area contributed by atoms with Crippen molar-refractivity contribution in [3.63, 3.8) is 0 Å². The summed E-state index contributed by atoms with van der Waals surface area (Å²) < 4.78 is 0. The van der Waals surface area contributed by atoms with Crippen LogP contribution in [-0.4, -0.2) is 41.0 Å². The summed E-state index contributed by atoms with van der Waals surface area (Å²) in [4.78, 5) is 20.3. The molecule has 1 N–H and O–H groups in total. The monoisotopic (exact) mass is 369 g/mol. The summed E-state index contributed by atoms with van der Waals surface area (Å²) in [6.45, 7) is 1.82. The molecule has 1 aromatic carbocycles. The molecule has 5 heteroatoms. The van der Waals surface area contributed by atoms with Gasteiger partial charge in [-0.15, -0.1) is 0 Å². The molecule has 2 bridgehead atoms. The van der Waals surface area contributed by atoms with Crippen molar-refractivity contribution >= 4 is 28.4 Å². The maximum absolute atomic E-state index is 13.3. The highest BCUT2D eigenvalue weighted by molar-refractivity contribution is 6.36. The fourth-order valence-corrected chi connectivity index (χ4v) is 5.33. The highest BCUT2D eigenvalue weighted by atomic mass is 35.5. The number of piperidine rings is 1. The van der Waals surface area contributed by atoms with Gasteiger partial charge in [-0.3, -0.25) is 9.78 Å². The average molecular weight is 370 g/mol. The molecular formula is C21H24ClN3O. The second-order valence-electron chi connectivity index (χ2n) is 7.90. The summed E-state index contributed by atoms with van der Waals surface area (Å²) in [7, 11) is 0. The van der Waals surface area contributed by atoms with Crippen LogP contribution in [0, 0.1) is 0 Å². The van der Waals surface area contributed by atoms with Crippen molar-refractivity contribution in [2.45, 2.75) is 57.0 Å². The zero-order chi connectivity index (χ0) is 17.7. The Hall–Kier alpha value is -1.65. The summed E-state index contributed by atoms with van der Waals surface area (Å²) in [5.74, 6) is 0.152. The molecule has 1 amide bonds. The van der Waals surface area contributed by atoms with Crippen LogP contribution >= 0.6 is 11.6 Å². The SMILES string of the molecule is O=C(c1ccc2c(Cl)c3c(nc2c1)CCCC3)N1C2CCCC1CNC2. The lowest BCUT2D eigenvalue weighted by Gasteiger charge is -2.46. The summed E-state index contributed by atoms with van der Waals surface area (Å²) in [5, 5.41) is 5.28. The van der Waals surface area contributed by atoms with Crippen molar-refractivity contribution < 1.29 is 4.79 Å². The van der Waals surface area contributed by atoms with Crippen LogP contribution in [0.4, 0.5) is 0 Å². The molecule has 2 saturated heterocycles. The maximum Gasteiger partial charge on any atom is 0.254 e. The minimum Gasteiger partial charge on any atom is -0.330 e. The van der Waals surface area contributed by atoms with Crippen LogP contribution in [0.1, 0.15) is 53.7 Å². The average Bonchev–Trinajstić information content (AvgIpc) is 2.66. The predicted octanol–water partition coefficient (Wildman–Crippen LogP) is 3.73. The number of carbonyl (C=O) groups is 1. The van der Waals surface area contributed by atoms with Crippen molar-refractivity contribution in [3.8, 4) is 0 Å². The number of fused-ring (bicyclic) bond motifs is 4. The Bertz CT molecular complexity index is 859. The lowest BCUT2D eigenvalue weighted by Crippen LogP contribution is -2.61. The molecule has 2 unspecified atom stereocenters. The Labute approximate surface area is 158 Å².